The van der Waals surface area contributed by atoms with E-state index in [0.717, 1.165) is 12.0 Å². The number of hydrogen-bond donors (Lipinski definition) is 0. The van der Waals surface area contributed by atoms with Crippen LogP contribution in [-0.2, 0) is 16.3 Å². The van der Waals surface area contributed by atoms with Crippen molar-refractivity contribution in [3.8, 4) is 6.07 Å². The highest BCUT2D eigenvalue weighted by Crippen LogP contribution is 2.51. The quantitative estimate of drug-likeness (QED) is 0.822. The van der Waals surface area contributed by atoms with Gasteiger partial charge in [-0.15, -0.1) is 0 Å². The van der Waals surface area contributed by atoms with Gasteiger partial charge in [0.1, 0.15) is 0 Å². The molecule has 1 saturated carbocycles. The van der Waals surface area contributed by atoms with Crippen molar-refractivity contribution in [2.24, 2.45) is 5.92 Å². The van der Waals surface area contributed by atoms with E-state index in [9.17, 15) is 8.42 Å². The van der Waals surface area contributed by atoms with E-state index in [1.54, 1.807) is 0 Å². The monoisotopic (exact) mass is 249 g/mol. The summed E-state index contributed by atoms with van der Waals surface area (Å²) < 4.78 is 23.0. The third kappa shape index (κ3) is 2.20. The van der Waals surface area contributed by atoms with Gasteiger partial charge in [-0.25, -0.2) is 8.42 Å². The molecular weight excluding hydrogens is 234 g/mol. The molecule has 1 aliphatic carbocycles. The Labute approximate surface area is 102 Å². The van der Waals surface area contributed by atoms with E-state index < -0.39 is 15.1 Å². The lowest BCUT2D eigenvalue weighted by molar-refractivity contribution is 0.599. The summed E-state index contributed by atoms with van der Waals surface area (Å²) in [5, 5.41) is 8.44. The Kier molecular flexibility index (Phi) is 2.96. The van der Waals surface area contributed by atoms with Crippen LogP contribution in [0.4, 0.5) is 0 Å². The Hall–Kier alpha value is -1.34. The molecule has 4 heteroatoms. The molecule has 1 aromatic rings. The summed E-state index contributed by atoms with van der Waals surface area (Å²) in [6.45, 7) is 2.07. The van der Waals surface area contributed by atoms with Crippen LogP contribution in [0.2, 0.25) is 0 Å². The minimum atomic E-state index is -3.13. The fourth-order valence-electron chi connectivity index (χ4n) is 2.34. The molecule has 0 N–H and O–H groups in total. The number of sulfone groups is 1. The molecule has 3 nitrogen and oxygen atoms in total. The highest BCUT2D eigenvalue weighted by atomic mass is 32.2. The van der Waals surface area contributed by atoms with Gasteiger partial charge in [0.2, 0.25) is 0 Å². The number of nitrogens with zero attached hydrogens (tertiary/aromatic N) is 1. The Bertz CT molecular complexity index is 554. The molecule has 2 rings (SSSR count). The first-order valence-corrected chi connectivity index (χ1v) is 7.61. The number of nitriles is 1. The summed E-state index contributed by atoms with van der Waals surface area (Å²) in [4.78, 5) is 0. The summed E-state index contributed by atoms with van der Waals surface area (Å²) in [6.07, 6.45) is 2.17. The van der Waals surface area contributed by atoms with Crippen molar-refractivity contribution in [3.63, 3.8) is 0 Å². The second-order valence-corrected chi connectivity index (χ2v) is 6.77. The lowest BCUT2D eigenvalue weighted by Gasteiger charge is -2.01. The minimum Gasteiger partial charge on any atom is -0.229 e. The number of aryl methyl sites for hydroxylation is 1. The maximum absolute atomic E-state index is 11.5. The summed E-state index contributed by atoms with van der Waals surface area (Å²) >= 11 is 0. The minimum absolute atomic E-state index is 0.138. The van der Waals surface area contributed by atoms with E-state index in [1.165, 1.54) is 11.8 Å². The van der Waals surface area contributed by atoms with Gasteiger partial charge < -0.3 is 0 Å². The Balaban J connectivity index is 2.27. The Morgan fingerprint density at radius 2 is 1.88 bits per heavy atom. The van der Waals surface area contributed by atoms with E-state index in [1.807, 2.05) is 24.3 Å². The maximum Gasteiger partial charge on any atom is 0.152 e. The van der Waals surface area contributed by atoms with Crippen LogP contribution in [-0.4, -0.2) is 19.9 Å². The SMILES string of the molecule is CCc1ccc([C@H]2[C@@H](C#N)[C@@H]2S(C)(=O)=O)cc1. The molecule has 0 aliphatic heterocycles. The Morgan fingerprint density at radius 3 is 2.24 bits per heavy atom. The van der Waals surface area contributed by atoms with Crippen molar-refractivity contribution in [2.75, 3.05) is 6.26 Å². The van der Waals surface area contributed by atoms with Crippen LogP contribution in [0.1, 0.15) is 24.0 Å². The maximum atomic E-state index is 11.5. The highest BCUT2D eigenvalue weighted by Gasteiger charge is 2.57. The van der Waals surface area contributed by atoms with Crippen molar-refractivity contribution in [1.82, 2.24) is 0 Å². The third-order valence-corrected chi connectivity index (χ3v) is 4.95. The van der Waals surface area contributed by atoms with Gasteiger partial charge in [0, 0.05) is 12.2 Å². The molecule has 3 atom stereocenters. The molecule has 0 spiro atoms. The third-order valence-electron chi connectivity index (χ3n) is 3.37. The van der Waals surface area contributed by atoms with Crippen LogP contribution in [0, 0.1) is 17.2 Å². The molecule has 0 unspecified atom stereocenters. The zero-order valence-electron chi connectivity index (χ0n) is 9.92. The molecule has 90 valence electrons. The number of rotatable bonds is 3. The topological polar surface area (TPSA) is 57.9 Å². The molecule has 1 aliphatic rings. The molecule has 0 radical (unpaired) electrons. The fourth-order valence-corrected chi connectivity index (χ4v) is 3.87. The second kappa shape index (κ2) is 4.15. The molecule has 0 saturated heterocycles. The van der Waals surface area contributed by atoms with Crippen LogP contribution in [0.25, 0.3) is 0 Å². The first-order chi connectivity index (χ1) is 7.99. The molecule has 0 bridgehead atoms. The van der Waals surface area contributed by atoms with E-state index >= 15 is 0 Å². The van der Waals surface area contributed by atoms with E-state index in [2.05, 4.69) is 13.0 Å². The first-order valence-electron chi connectivity index (χ1n) is 5.66. The summed E-state index contributed by atoms with van der Waals surface area (Å²) in [5.74, 6) is -0.515. The van der Waals surface area contributed by atoms with Gasteiger partial charge in [-0.1, -0.05) is 31.2 Å². The molecule has 17 heavy (non-hydrogen) atoms. The molecular formula is C13H15NO2S. The van der Waals surface area contributed by atoms with Gasteiger partial charge in [-0.05, 0) is 17.5 Å². The van der Waals surface area contributed by atoms with Gasteiger partial charge in [0.15, 0.2) is 9.84 Å². The van der Waals surface area contributed by atoms with Gasteiger partial charge in [0.25, 0.3) is 0 Å². The van der Waals surface area contributed by atoms with Crippen molar-refractivity contribution >= 4 is 9.84 Å². The van der Waals surface area contributed by atoms with Gasteiger partial charge in [-0.2, -0.15) is 5.26 Å². The fraction of sp³-hybridized carbons (Fsp3) is 0.462. The predicted molar refractivity (Wildman–Crippen MR) is 66.3 cm³/mol. The summed E-state index contributed by atoms with van der Waals surface area (Å²) in [7, 11) is -3.13. The zero-order chi connectivity index (χ0) is 12.6. The Morgan fingerprint density at radius 1 is 1.29 bits per heavy atom. The first kappa shape index (κ1) is 12.1. The van der Waals surface area contributed by atoms with Crippen LogP contribution in [0.15, 0.2) is 24.3 Å². The standard InChI is InChI=1S/C13H15NO2S/c1-3-9-4-6-10(7-5-9)12-11(8-14)13(12)17(2,15)16/h4-7,11-13H,3H2,1-2H3/t11-,12+,13+/m1/s1. The average Bonchev–Trinajstić information content (AvgIpc) is 3.03. The normalized spacial score (nSPS) is 27.5. The van der Waals surface area contributed by atoms with E-state index in [-0.39, 0.29) is 11.8 Å². The van der Waals surface area contributed by atoms with Crippen LogP contribution < -0.4 is 0 Å². The predicted octanol–water partition coefficient (Wildman–Crippen LogP) is 1.90. The van der Waals surface area contributed by atoms with Gasteiger partial charge in [-0.3, -0.25) is 0 Å². The molecule has 0 aromatic heterocycles. The smallest absolute Gasteiger partial charge is 0.152 e. The second-order valence-electron chi connectivity index (χ2n) is 4.57. The van der Waals surface area contributed by atoms with Crippen LogP contribution in [0.3, 0.4) is 0 Å². The highest BCUT2D eigenvalue weighted by molar-refractivity contribution is 7.91. The van der Waals surface area contributed by atoms with E-state index in [4.69, 9.17) is 5.26 Å². The molecule has 1 aromatic carbocycles. The van der Waals surface area contributed by atoms with Crippen molar-refractivity contribution < 1.29 is 8.42 Å². The number of hydrogen-bond acceptors (Lipinski definition) is 3. The summed E-state index contributed by atoms with van der Waals surface area (Å²) in [5.41, 5.74) is 2.18. The lowest BCUT2D eigenvalue weighted by Crippen LogP contribution is -2.06. The number of benzene rings is 1. The molecule has 1 fully saturated rings. The van der Waals surface area contributed by atoms with Crippen molar-refractivity contribution in [1.29, 1.82) is 5.26 Å². The lowest BCUT2D eigenvalue weighted by atomic mass is 10.1. The van der Waals surface area contributed by atoms with E-state index in [0.29, 0.717) is 0 Å². The summed E-state index contributed by atoms with van der Waals surface area (Å²) in [6, 6.07) is 9.98. The van der Waals surface area contributed by atoms with Gasteiger partial charge >= 0.3 is 0 Å². The van der Waals surface area contributed by atoms with Crippen LogP contribution in [0.5, 0.6) is 0 Å². The molecule has 0 heterocycles. The largest absolute Gasteiger partial charge is 0.229 e. The van der Waals surface area contributed by atoms with Gasteiger partial charge in [0.05, 0.1) is 17.2 Å². The van der Waals surface area contributed by atoms with Crippen molar-refractivity contribution in [2.45, 2.75) is 24.5 Å². The zero-order valence-corrected chi connectivity index (χ0v) is 10.7. The van der Waals surface area contributed by atoms with Crippen molar-refractivity contribution in [3.05, 3.63) is 35.4 Å². The average molecular weight is 249 g/mol. The van der Waals surface area contributed by atoms with Crippen LogP contribution >= 0.6 is 0 Å². The molecule has 0 amide bonds.